The third kappa shape index (κ3) is 2.96. The van der Waals surface area contributed by atoms with Crippen LogP contribution in [0.2, 0.25) is 5.02 Å². The van der Waals surface area contributed by atoms with E-state index in [0.717, 1.165) is 41.1 Å². The van der Waals surface area contributed by atoms with E-state index in [2.05, 4.69) is 26.3 Å². The van der Waals surface area contributed by atoms with Gasteiger partial charge in [-0.05, 0) is 35.9 Å². The molecule has 2 fully saturated rings. The molecule has 28 heavy (non-hydrogen) atoms. The van der Waals surface area contributed by atoms with Crippen LogP contribution in [-0.4, -0.2) is 48.8 Å². The first-order chi connectivity index (χ1) is 13.7. The van der Waals surface area contributed by atoms with Crippen molar-refractivity contribution in [1.29, 1.82) is 0 Å². The number of rotatable bonds is 3. The van der Waals surface area contributed by atoms with E-state index in [4.69, 9.17) is 16.3 Å². The highest BCUT2D eigenvalue weighted by molar-refractivity contribution is 6.33. The summed E-state index contributed by atoms with van der Waals surface area (Å²) >= 11 is 6.61. The van der Waals surface area contributed by atoms with Gasteiger partial charge < -0.3 is 19.9 Å². The Morgan fingerprint density at radius 3 is 2.82 bits per heavy atom. The Kier molecular flexibility index (Phi) is 4.33. The van der Waals surface area contributed by atoms with E-state index in [1.807, 2.05) is 30.3 Å². The van der Waals surface area contributed by atoms with E-state index in [1.165, 1.54) is 0 Å². The summed E-state index contributed by atoms with van der Waals surface area (Å²) in [7, 11) is 0. The van der Waals surface area contributed by atoms with Gasteiger partial charge in [-0.1, -0.05) is 17.7 Å². The number of ether oxygens (including phenoxy) is 1. The lowest BCUT2D eigenvalue weighted by molar-refractivity contribution is 0.122. The van der Waals surface area contributed by atoms with Gasteiger partial charge in [0, 0.05) is 25.3 Å². The van der Waals surface area contributed by atoms with Gasteiger partial charge in [0.15, 0.2) is 0 Å². The quantitative estimate of drug-likeness (QED) is 0.711. The van der Waals surface area contributed by atoms with Gasteiger partial charge in [0.1, 0.15) is 0 Å². The zero-order valence-corrected chi connectivity index (χ0v) is 15.9. The van der Waals surface area contributed by atoms with E-state index >= 15 is 0 Å². The highest BCUT2D eigenvalue weighted by atomic mass is 35.5. The van der Waals surface area contributed by atoms with Gasteiger partial charge in [0.05, 0.1) is 47.3 Å². The smallest absolute Gasteiger partial charge is 0.322 e. The molecule has 0 aliphatic carbocycles. The third-order valence-corrected chi connectivity index (χ3v) is 5.67. The molecule has 2 aliphatic rings. The summed E-state index contributed by atoms with van der Waals surface area (Å²) < 4.78 is 5.42. The summed E-state index contributed by atoms with van der Waals surface area (Å²) in [6.07, 6.45) is 1.65. The van der Waals surface area contributed by atoms with E-state index in [-0.39, 0.29) is 12.1 Å². The molecule has 0 radical (unpaired) electrons. The van der Waals surface area contributed by atoms with Crippen molar-refractivity contribution < 1.29 is 9.53 Å². The van der Waals surface area contributed by atoms with Crippen LogP contribution < -0.4 is 15.1 Å². The molecule has 3 aromatic rings. The SMILES string of the molecule is O=C1NCC(c2ccc(N3CCOCC3)c(Cl)c2)N1c1ccc2[nH]cnc2c1. The molecule has 0 saturated carbocycles. The summed E-state index contributed by atoms with van der Waals surface area (Å²) in [5.41, 5.74) is 4.60. The lowest BCUT2D eigenvalue weighted by Crippen LogP contribution is -2.36. The predicted molar refractivity (Wildman–Crippen MR) is 109 cm³/mol. The second-order valence-corrected chi connectivity index (χ2v) is 7.39. The van der Waals surface area contributed by atoms with Gasteiger partial charge in [-0.15, -0.1) is 0 Å². The first-order valence-electron chi connectivity index (χ1n) is 9.33. The zero-order chi connectivity index (χ0) is 19.1. The van der Waals surface area contributed by atoms with Crippen molar-refractivity contribution in [2.24, 2.45) is 0 Å². The Bertz CT molecular complexity index is 1030. The molecule has 0 spiro atoms. The van der Waals surface area contributed by atoms with Gasteiger partial charge in [-0.25, -0.2) is 9.78 Å². The van der Waals surface area contributed by atoms with Crippen molar-refractivity contribution in [3.63, 3.8) is 0 Å². The number of H-pyrrole nitrogens is 1. The summed E-state index contributed by atoms with van der Waals surface area (Å²) in [5.74, 6) is 0. The number of halogens is 1. The predicted octanol–water partition coefficient (Wildman–Crippen LogP) is 3.32. The van der Waals surface area contributed by atoms with Crippen molar-refractivity contribution in [2.75, 3.05) is 42.6 Å². The number of urea groups is 1. The maximum atomic E-state index is 12.6. The first kappa shape index (κ1) is 17.3. The Hall–Kier alpha value is -2.77. The molecule has 8 heteroatoms. The number of morpholine rings is 1. The lowest BCUT2D eigenvalue weighted by Gasteiger charge is -2.30. The molecular weight excluding hydrogens is 378 g/mol. The number of imidazole rings is 1. The normalized spacial score (nSPS) is 20.0. The molecule has 3 heterocycles. The summed E-state index contributed by atoms with van der Waals surface area (Å²) in [5, 5.41) is 3.64. The van der Waals surface area contributed by atoms with E-state index in [9.17, 15) is 4.79 Å². The van der Waals surface area contributed by atoms with E-state index in [0.29, 0.717) is 24.8 Å². The number of nitrogens with one attached hydrogen (secondary N) is 2. The number of anilines is 2. The standard InChI is InChI=1S/C20H20ClN5O2/c21-15-9-13(1-4-18(15)25-5-7-28-8-6-25)19-11-22-20(27)26(19)14-2-3-16-17(10-14)24-12-23-16/h1-4,9-10,12,19H,5-8,11H2,(H,22,27)(H,23,24). The lowest BCUT2D eigenvalue weighted by atomic mass is 10.0. The molecule has 5 rings (SSSR count). The van der Waals surface area contributed by atoms with Crippen LogP contribution in [0.5, 0.6) is 0 Å². The van der Waals surface area contributed by atoms with Crippen LogP contribution in [-0.2, 0) is 4.74 Å². The number of aromatic amines is 1. The number of amides is 2. The average molecular weight is 398 g/mol. The number of hydrogen-bond donors (Lipinski definition) is 2. The van der Waals surface area contributed by atoms with Gasteiger partial charge in [-0.2, -0.15) is 0 Å². The van der Waals surface area contributed by atoms with Crippen LogP contribution in [0, 0.1) is 0 Å². The molecule has 2 N–H and O–H groups in total. The minimum absolute atomic E-state index is 0.117. The molecule has 1 aromatic heterocycles. The minimum atomic E-state index is -0.125. The van der Waals surface area contributed by atoms with Crippen LogP contribution in [0.1, 0.15) is 11.6 Å². The average Bonchev–Trinajstić information content (AvgIpc) is 3.34. The highest BCUT2D eigenvalue weighted by Gasteiger charge is 2.33. The number of aromatic nitrogens is 2. The van der Waals surface area contributed by atoms with Crippen LogP contribution in [0.3, 0.4) is 0 Å². The fourth-order valence-electron chi connectivity index (χ4n) is 3.93. The van der Waals surface area contributed by atoms with Crippen molar-refractivity contribution in [2.45, 2.75) is 6.04 Å². The monoisotopic (exact) mass is 397 g/mol. The first-order valence-corrected chi connectivity index (χ1v) is 9.71. The van der Waals surface area contributed by atoms with Crippen molar-refractivity contribution >= 4 is 40.0 Å². The molecule has 144 valence electrons. The molecule has 2 aromatic carbocycles. The molecule has 7 nitrogen and oxygen atoms in total. The number of nitrogens with zero attached hydrogens (tertiary/aromatic N) is 3. The maximum Gasteiger partial charge on any atom is 0.322 e. The number of carbonyl (C=O) groups is 1. The van der Waals surface area contributed by atoms with Gasteiger partial charge in [0.25, 0.3) is 0 Å². The molecule has 1 atom stereocenters. The molecule has 2 amide bonds. The Morgan fingerprint density at radius 2 is 2.00 bits per heavy atom. The largest absolute Gasteiger partial charge is 0.378 e. The third-order valence-electron chi connectivity index (χ3n) is 5.37. The highest BCUT2D eigenvalue weighted by Crippen LogP contribution is 2.35. The molecular formula is C20H20ClN5O2. The summed E-state index contributed by atoms with van der Waals surface area (Å²) in [6, 6.07) is 11.6. The second-order valence-electron chi connectivity index (χ2n) is 6.99. The molecule has 0 bridgehead atoms. The van der Waals surface area contributed by atoms with Crippen molar-refractivity contribution in [1.82, 2.24) is 15.3 Å². The number of benzene rings is 2. The van der Waals surface area contributed by atoms with Crippen LogP contribution >= 0.6 is 11.6 Å². The van der Waals surface area contributed by atoms with Crippen LogP contribution in [0.25, 0.3) is 11.0 Å². The molecule has 2 saturated heterocycles. The van der Waals surface area contributed by atoms with Crippen molar-refractivity contribution in [3.8, 4) is 0 Å². The van der Waals surface area contributed by atoms with Crippen LogP contribution in [0.4, 0.5) is 16.2 Å². The van der Waals surface area contributed by atoms with E-state index in [1.54, 1.807) is 11.2 Å². The number of fused-ring (bicyclic) bond motifs is 1. The molecule has 2 aliphatic heterocycles. The van der Waals surface area contributed by atoms with Crippen molar-refractivity contribution in [3.05, 3.63) is 53.3 Å². The Morgan fingerprint density at radius 1 is 1.14 bits per heavy atom. The number of carbonyl (C=O) groups excluding carboxylic acids is 1. The Labute approximate surface area is 167 Å². The van der Waals surface area contributed by atoms with Crippen LogP contribution in [0.15, 0.2) is 42.7 Å². The maximum absolute atomic E-state index is 12.6. The van der Waals surface area contributed by atoms with Gasteiger partial charge >= 0.3 is 6.03 Å². The summed E-state index contributed by atoms with van der Waals surface area (Å²) in [4.78, 5) is 23.9. The fraction of sp³-hybridized carbons (Fsp3) is 0.300. The minimum Gasteiger partial charge on any atom is -0.378 e. The zero-order valence-electron chi connectivity index (χ0n) is 15.2. The number of hydrogen-bond acceptors (Lipinski definition) is 4. The fourth-order valence-corrected chi connectivity index (χ4v) is 4.24. The topological polar surface area (TPSA) is 73.5 Å². The van der Waals surface area contributed by atoms with Gasteiger partial charge in [-0.3, -0.25) is 4.90 Å². The molecule has 1 unspecified atom stereocenters. The second kappa shape index (κ2) is 7.00. The van der Waals surface area contributed by atoms with Gasteiger partial charge in [0.2, 0.25) is 0 Å². The van der Waals surface area contributed by atoms with E-state index < -0.39 is 0 Å². The summed E-state index contributed by atoms with van der Waals surface area (Å²) in [6.45, 7) is 3.62. The Balaban J connectivity index is 1.47.